The molecule has 2 fully saturated rings. The van der Waals surface area contributed by atoms with Crippen LogP contribution in [0, 0.1) is 5.92 Å². The predicted molar refractivity (Wildman–Crippen MR) is 177 cm³/mol. The molecule has 10 nitrogen and oxygen atoms in total. The summed E-state index contributed by atoms with van der Waals surface area (Å²) in [5.41, 5.74) is 1.92. The number of nitrogens with zero attached hydrogens (tertiary/aromatic N) is 3. The molecule has 2 aromatic rings. The fourth-order valence-electron chi connectivity index (χ4n) is 6.91. The molecule has 3 aliphatic heterocycles. The Balaban J connectivity index is 1.15. The van der Waals surface area contributed by atoms with E-state index in [0.29, 0.717) is 57.2 Å². The Labute approximate surface area is 272 Å². The summed E-state index contributed by atoms with van der Waals surface area (Å²) in [6.45, 7) is 4.99. The Bertz CT molecular complexity index is 1320. The van der Waals surface area contributed by atoms with Gasteiger partial charge in [0.25, 0.3) is 0 Å². The highest BCUT2D eigenvalue weighted by atomic mass is 16.6. The molecule has 5 amide bonds. The molecule has 0 aromatic heterocycles. The second-order valence-electron chi connectivity index (χ2n) is 12.9. The highest BCUT2D eigenvalue weighted by Gasteiger charge is 2.36. The smallest absolute Gasteiger partial charge is 0.410 e. The average Bonchev–Trinajstić information content (AvgIpc) is 3.08. The lowest BCUT2D eigenvalue weighted by Gasteiger charge is -2.41. The van der Waals surface area contributed by atoms with Crippen LogP contribution in [0.4, 0.5) is 15.3 Å². The first kappa shape index (κ1) is 33.3. The van der Waals surface area contributed by atoms with Crippen molar-refractivity contribution in [3.05, 3.63) is 60.2 Å². The van der Waals surface area contributed by atoms with Gasteiger partial charge in [0.1, 0.15) is 11.8 Å². The number of hydrogen-bond donors (Lipinski definition) is 2. The van der Waals surface area contributed by atoms with Gasteiger partial charge in [-0.25, -0.2) is 9.59 Å². The Kier molecular flexibility index (Phi) is 11.9. The average molecular weight is 632 g/mol. The van der Waals surface area contributed by atoms with Gasteiger partial charge in [0.2, 0.25) is 11.8 Å². The van der Waals surface area contributed by atoms with Gasteiger partial charge in [0, 0.05) is 44.5 Å². The Morgan fingerprint density at radius 3 is 2.28 bits per heavy atom. The molecule has 5 rings (SSSR count). The van der Waals surface area contributed by atoms with Gasteiger partial charge < -0.3 is 30.1 Å². The monoisotopic (exact) mass is 631 g/mol. The van der Waals surface area contributed by atoms with Gasteiger partial charge >= 0.3 is 12.1 Å². The van der Waals surface area contributed by atoms with E-state index in [4.69, 9.17) is 4.74 Å². The summed E-state index contributed by atoms with van der Waals surface area (Å²) in [6, 6.07) is 15.4. The molecule has 0 saturated carbocycles. The van der Waals surface area contributed by atoms with Crippen LogP contribution < -0.4 is 15.4 Å². The number of benzene rings is 2. The number of hydrogen-bond acceptors (Lipinski definition) is 5. The highest BCUT2D eigenvalue weighted by Crippen LogP contribution is 2.28. The van der Waals surface area contributed by atoms with Crippen molar-refractivity contribution in [1.29, 1.82) is 0 Å². The van der Waals surface area contributed by atoms with Crippen molar-refractivity contribution in [1.82, 2.24) is 20.0 Å². The van der Waals surface area contributed by atoms with Crippen LogP contribution in [0.3, 0.4) is 0 Å². The molecular formula is C36H49N5O5. The normalized spacial score (nSPS) is 18.0. The number of likely N-dealkylation sites (tertiary alicyclic amines) is 2. The van der Waals surface area contributed by atoms with E-state index in [1.807, 2.05) is 35.2 Å². The first-order chi connectivity index (χ1) is 22.4. The van der Waals surface area contributed by atoms with Crippen molar-refractivity contribution >= 4 is 29.6 Å². The van der Waals surface area contributed by atoms with E-state index in [2.05, 4.69) is 17.6 Å². The summed E-state index contributed by atoms with van der Waals surface area (Å²) in [5, 5.41) is 5.69. The lowest BCUT2D eigenvalue weighted by Crippen LogP contribution is -2.54. The number of fused-ring (bicyclic) bond motifs is 1. The molecule has 248 valence electrons. The van der Waals surface area contributed by atoms with Crippen molar-refractivity contribution in [2.24, 2.45) is 5.92 Å². The second-order valence-corrected chi connectivity index (χ2v) is 12.9. The number of carbonyl (C=O) groups excluding carboxylic acids is 4. The van der Waals surface area contributed by atoms with Crippen LogP contribution in [0.5, 0.6) is 5.75 Å². The molecule has 2 N–H and O–H groups in total. The minimum Gasteiger partial charge on any atom is -0.410 e. The van der Waals surface area contributed by atoms with E-state index >= 15 is 0 Å². The zero-order valence-corrected chi connectivity index (χ0v) is 27.1. The lowest BCUT2D eigenvalue weighted by atomic mass is 9.90. The maximum atomic E-state index is 13.8. The molecule has 3 aliphatic rings. The van der Waals surface area contributed by atoms with Crippen LogP contribution >= 0.6 is 0 Å². The summed E-state index contributed by atoms with van der Waals surface area (Å²) >= 11 is 0. The third kappa shape index (κ3) is 9.01. The zero-order chi connectivity index (χ0) is 32.3. The predicted octanol–water partition coefficient (Wildman–Crippen LogP) is 6.17. The maximum absolute atomic E-state index is 13.8. The lowest BCUT2D eigenvalue weighted by molar-refractivity contribution is -0.140. The molecule has 1 atom stereocenters. The van der Waals surface area contributed by atoms with Crippen molar-refractivity contribution in [2.45, 2.75) is 96.2 Å². The Morgan fingerprint density at radius 2 is 1.54 bits per heavy atom. The van der Waals surface area contributed by atoms with Crippen LogP contribution in [-0.2, 0) is 16.1 Å². The summed E-state index contributed by atoms with van der Waals surface area (Å²) in [5.74, 6) is 0.549. The Hall–Kier alpha value is -4.08. The fraction of sp³-hybridized carbons (Fsp3) is 0.556. The number of unbranched alkanes of at least 4 members (excludes halogenated alkanes) is 4. The molecule has 2 aromatic carbocycles. The van der Waals surface area contributed by atoms with E-state index in [1.165, 1.54) is 38.5 Å². The van der Waals surface area contributed by atoms with E-state index < -0.39 is 12.1 Å². The Morgan fingerprint density at radius 1 is 0.870 bits per heavy atom. The molecule has 0 aliphatic carbocycles. The summed E-state index contributed by atoms with van der Waals surface area (Å²) in [4.78, 5) is 58.4. The molecule has 0 spiro atoms. The van der Waals surface area contributed by atoms with Gasteiger partial charge in [-0.2, -0.15) is 0 Å². The number of amides is 5. The van der Waals surface area contributed by atoms with Crippen molar-refractivity contribution in [2.75, 3.05) is 31.5 Å². The molecule has 2 saturated heterocycles. The first-order valence-corrected chi connectivity index (χ1v) is 17.2. The number of urea groups is 1. The first-order valence-electron chi connectivity index (χ1n) is 17.2. The molecule has 46 heavy (non-hydrogen) atoms. The zero-order valence-electron chi connectivity index (χ0n) is 27.1. The molecule has 10 heteroatoms. The third-order valence-electron chi connectivity index (χ3n) is 9.68. The molecular weight excluding hydrogens is 582 g/mol. The van der Waals surface area contributed by atoms with Gasteiger partial charge in [0.15, 0.2) is 0 Å². The summed E-state index contributed by atoms with van der Waals surface area (Å²) in [6.07, 6.45) is 9.79. The number of ether oxygens (including phenoxy) is 1. The SMILES string of the molecule is CCCCCCCC1CCN(C(=O)C(CC(=O)N2CCC(N3Cc4ccccc4NC3=O)CC2)NC(=O)Oc2ccccc2)CC1. The minimum atomic E-state index is -1.02. The van der Waals surface area contributed by atoms with Crippen LogP contribution in [0.15, 0.2) is 54.6 Å². The number of anilines is 1. The van der Waals surface area contributed by atoms with Gasteiger partial charge in [-0.1, -0.05) is 81.8 Å². The topological polar surface area (TPSA) is 111 Å². The van der Waals surface area contributed by atoms with Gasteiger partial charge in [-0.3, -0.25) is 9.59 Å². The van der Waals surface area contributed by atoms with Crippen molar-refractivity contribution in [3.63, 3.8) is 0 Å². The number of rotatable bonds is 12. The minimum absolute atomic E-state index is 0.0155. The maximum Gasteiger partial charge on any atom is 0.413 e. The molecule has 0 bridgehead atoms. The highest BCUT2D eigenvalue weighted by molar-refractivity contribution is 5.93. The second kappa shape index (κ2) is 16.5. The number of para-hydroxylation sites is 2. The van der Waals surface area contributed by atoms with E-state index in [1.54, 1.807) is 34.1 Å². The van der Waals surface area contributed by atoms with Crippen molar-refractivity contribution in [3.8, 4) is 5.75 Å². The molecule has 1 unspecified atom stereocenters. The van der Waals surface area contributed by atoms with E-state index in [0.717, 1.165) is 24.1 Å². The largest absolute Gasteiger partial charge is 0.413 e. The molecule has 3 heterocycles. The van der Waals surface area contributed by atoms with Crippen LogP contribution in [0.25, 0.3) is 0 Å². The van der Waals surface area contributed by atoms with Crippen LogP contribution in [-0.4, -0.2) is 76.9 Å². The summed E-state index contributed by atoms with van der Waals surface area (Å²) in [7, 11) is 0. The van der Waals surface area contributed by atoms with Crippen LogP contribution in [0.1, 0.15) is 83.1 Å². The fourth-order valence-corrected chi connectivity index (χ4v) is 6.91. The van der Waals surface area contributed by atoms with E-state index in [-0.39, 0.29) is 30.3 Å². The van der Waals surface area contributed by atoms with Gasteiger partial charge in [0.05, 0.1) is 6.42 Å². The number of piperidine rings is 2. The van der Waals surface area contributed by atoms with Crippen molar-refractivity contribution < 1.29 is 23.9 Å². The quantitative estimate of drug-likeness (QED) is 0.272. The number of carbonyl (C=O) groups is 4. The standard InChI is InChI=1S/C36H49N5O5/c1-2-3-4-5-7-12-27-17-21-40(22-18-27)34(43)32(38-36(45)46-30-14-8-6-9-15-30)25-33(42)39-23-19-29(20-24-39)41-26-28-13-10-11-16-31(28)37-35(41)44/h6,8-11,13-16,27,29,32H,2-5,7,12,17-26H2,1H3,(H,37,44)(H,38,45). The van der Waals surface area contributed by atoms with Gasteiger partial charge in [-0.05, 0) is 55.4 Å². The summed E-state index contributed by atoms with van der Waals surface area (Å²) < 4.78 is 5.43. The molecule has 0 radical (unpaired) electrons. The van der Waals surface area contributed by atoms with E-state index in [9.17, 15) is 19.2 Å². The van der Waals surface area contributed by atoms with Crippen LogP contribution in [0.2, 0.25) is 0 Å². The third-order valence-corrected chi connectivity index (χ3v) is 9.68. The number of nitrogens with one attached hydrogen (secondary N) is 2. The van der Waals surface area contributed by atoms with Gasteiger partial charge in [-0.15, -0.1) is 0 Å².